The molecule has 8 heteroatoms. The van der Waals surface area contributed by atoms with Crippen molar-refractivity contribution >= 4 is 17.6 Å². The molecule has 0 bridgehead atoms. The van der Waals surface area contributed by atoms with Crippen LogP contribution in [-0.4, -0.2) is 71.3 Å². The maximum absolute atomic E-state index is 12.5. The number of hydrogen-bond acceptors (Lipinski definition) is 4. The Morgan fingerprint density at radius 3 is 2.52 bits per heavy atom. The van der Waals surface area contributed by atoms with E-state index in [0.29, 0.717) is 38.4 Å². The minimum Gasteiger partial charge on any atom is -0.358 e. The predicted molar refractivity (Wildman–Crippen MR) is 104 cm³/mol. The highest BCUT2D eigenvalue weighted by Gasteiger charge is 2.22. The van der Waals surface area contributed by atoms with Crippen LogP contribution in [0.5, 0.6) is 0 Å². The molecule has 0 saturated carbocycles. The van der Waals surface area contributed by atoms with Gasteiger partial charge in [0.15, 0.2) is 0 Å². The smallest absolute Gasteiger partial charge is 0.322 e. The zero-order valence-electron chi connectivity index (χ0n) is 15.8. The molecule has 1 aliphatic rings. The minimum absolute atomic E-state index is 0.00662. The van der Waals surface area contributed by atoms with Crippen molar-refractivity contribution in [3.8, 4) is 0 Å². The number of hydrogen-bond donors (Lipinski definition) is 2. The summed E-state index contributed by atoms with van der Waals surface area (Å²) in [5.41, 5.74) is 1.83. The first-order valence-electron chi connectivity index (χ1n) is 9.15. The lowest BCUT2D eigenvalue weighted by Gasteiger charge is -2.34. The fourth-order valence-corrected chi connectivity index (χ4v) is 3.09. The fraction of sp³-hybridized carbons (Fsp3) is 0.421. The van der Waals surface area contributed by atoms with Crippen LogP contribution in [0.1, 0.15) is 18.5 Å². The molecule has 1 unspecified atom stereocenters. The molecule has 1 fully saturated rings. The summed E-state index contributed by atoms with van der Waals surface area (Å²) in [6, 6.07) is 10.1. The Morgan fingerprint density at radius 2 is 1.85 bits per heavy atom. The number of carbonyl (C=O) groups is 2. The predicted octanol–water partition coefficient (Wildman–Crippen LogP) is 1.39. The van der Waals surface area contributed by atoms with Gasteiger partial charge in [0.05, 0.1) is 24.5 Å². The number of urea groups is 1. The molecule has 1 atom stereocenters. The van der Waals surface area contributed by atoms with Gasteiger partial charge in [-0.3, -0.25) is 14.4 Å². The summed E-state index contributed by atoms with van der Waals surface area (Å²) in [5, 5.41) is 9.91. The largest absolute Gasteiger partial charge is 0.358 e. The third-order valence-corrected chi connectivity index (χ3v) is 4.84. The maximum atomic E-state index is 12.5. The molecule has 0 radical (unpaired) electrons. The molecule has 2 heterocycles. The first kappa shape index (κ1) is 18.9. The quantitative estimate of drug-likeness (QED) is 0.833. The van der Waals surface area contributed by atoms with Crippen LogP contribution < -0.4 is 10.6 Å². The SMILES string of the molecule is CNC(=O)CN1CCN(C(=O)Nc2cnn(C(C)c3ccccc3)c2)CC1. The fourth-order valence-electron chi connectivity index (χ4n) is 3.09. The lowest BCUT2D eigenvalue weighted by molar-refractivity contribution is -0.122. The number of benzene rings is 1. The van der Waals surface area contributed by atoms with Crippen molar-refractivity contribution in [2.45, 2.75) is 13.0 Å². The summed E-state index contributed by atoms with van der Waals surface area (Å²) in [7, 11) is 1.63. The van der Waals surface area contributed by atoms with Crippen LogP contribution in [0.15, 0.2) is 42.7 Å². The van der Waals surface area contributed by atoms with Gasteiger partial charge in [0.2, 0.25) is 5.91 Å². The van der Waals surface area contributed by atoms with Gasteiger partial charge in [-0.15, -0.1) is 0 Å². The van der Waals surface area contributed by atoms with Crippen molar-refractivity contribution in [2.75, 3.05) is 45.1 Å². The molecule has 1 aliphatic heterocycles. The van der Waals surface area contributed by atoms with Gasteiger partial charge in [0.1, 0.15) is 0 Å². The van der Waals surface area contributed by atoms with E-state index in [-0.39, 0.29) is 18.0 Å². The Bertz CT molecular complexity index is 768. The second-order valence-electron chi connectivity index (χ2n) is 6.66. The summed E-state index contributed by atoms with van der Waals surface area (Å²) in [5.74, 6) is -0.00662. The van der Waals surface area contributed by atoms with E-state index in [0.717, 1.165) is 5.56 Å². The number of aromatic nitrogens is 2. The summed E-state index contributed by atoms with van der Waals surface area (Å²) >= 11 is 0. The first-order valence-corrected chi connectivity index (χ1v) is 9.15. The Morgan fingerprint density at radius 1 is 1.15 bits per heavy atom. The van der Waals surface area contributed by atoms with Crippen molar-refractivity contribution in [3.63, 3.8) is 0 Å². The van der Waals surface area contributed by atoms with Crippen LogP contribution in [0.4, 0.5) is 10.5 Å². The number of nitrogens with one attached hydrogen (secondary N) is 2. The van der Waals surface area contributed by atoms with Gasteiger partial charge in [0, 0.05) is 39.4 Å². The molecule has 1 aromatic carbocycles. The van der Waals surface area contributed by atoms with E-state index in [4.69, 9.17) is 0 Å². The number of likely N-dealkylation sites (N-methyl/N-ethyl adjacent to an activating group) is 1. The van der Waals surface area contributed by atoms with Crippen molar-refractivity contribution in [1.82, 2.24) is 24.9 Å². The summed E-state index contributed by atoms with van der Waals surface area (Å²) in [4.78, 5) is 27.7. The van der Waals surface area contributed by atoms with Gasteiger partial charge < -0.3 is 15.5 Å². The van der Waals surface area contributed by atoms with E-state index in [1.807, 2.05) is 34.0 Å². The highest BCUT2D eigenvalue weighted by molar-refractivity contribution is 5.89. The summed E-state index contributed by atoms with van der Waals surface area (Å²) in [6.07, 6.45) is 3.51. The van der Waals surface area contributed by atoms with Crippen LogP contribution in [0.2, 0.25) is 0 Å². The number of rotatable bonds is 5. The second kappa shape index (κ2) is 8.68. The van der Waals surface area contributed by atoms with Crippen molar-refractivity contribution in [3.05, 3.63) is 48.3 Å². The lowest BCUT2D eigenvalue weighted by Crippen LogP contribution is -2.51. The van der Waals surface area contributed by atoms with E-state index < -0.39 is 0 Å². The highest BCUT2D eigenvalue weighted by Crippen LogP contribution is 2.19. The van der Waals surface area contributed by atoms with E-state index in [1.54, 1.807) is 18.1 Å². The van der Waals surface area contributed by atoms with Gasteiger partial charge in [0.25, 0.3) is 0 Å². The topological polar surface area (TPSA) is 82.5 Å². The van der Waals surface area contributed by atoms with Gasteiger partial charge in [-0.25, -0.2) is 4.79 Å². The maximum Gasteiger partial charge on any atom is 0.322 e. The van der Waals surface area contributed by atoms with E-state index in [2.05, 4.69) is 34.8 Å². The van der Waals surface area contributed by atoms with Crippen molar-refractivity contribution in [2.24, 2.45) is 0 Å². The molecule has 0 aliphatic carbocycles. The van der Waals surface area contributed by atoms with E-state index in [1.165, 1.54) is 0 Å². The lowest BCUT2D eigenvalue weighted by atomic mass is 10.1. The summed E-state index contributed by atoms with van der Waals surface area (Å²) in [6.45, 7) is 5.00. The highest BCUT2D eigenvalue weighted by atomic mass is 16.2. The number of anilines is 1. The normalized spacial score (nSPS) is 16.0. The van der Waals surface area contributed by atoms with Crippen LogP contribution in [0.25, 0.3) is 0 Å². The molecule has 2 N–H and O–H groups in total. The molecular weight excluding hydrogens is 344 g/mol. The van der Waals surface area contributed by atoms with E-state index in [9.17, 15) is 9.59 Å². The minimum atomic E-state index is -0.137. The van der Waals surface area contributed by atoms with Crippen molar-refractivity contribution in [1.29, 1.82) is 0 Å². The van der Waals surface area contributed by atoms with Gasteiger partial charge in [-0.2, -0.15) is 5.10 Å². The van der Waals surface area contributed by atoms with Crippen molar-refractivity contribution < 1.29 is 9.59 Å². The molecule has 2 aromatic rings. The van der Waals surface area contributed by atoms with E-state index >= 15 is 0 Å². The van der Waals surface area contributed by atoms with Gasteiger partial charge in [-0.05, 0) is 12.5 Å². The number of nitrogens with zero attached hydrogens (tertiary/aromatic N) is 4. The Balaban J connectivity index is 1.52. The third kappa shape index (κ3) is 4.85. The molecule has 144 valence electrons. The number of piperazine rings is 1. The second-order valence-corrected chi connectivity index (χ2v) is 6.66. The average molecular weight is 370 g/mol. The van der Waals surface area contributed by atoms with Gasteiger partial charge in [-0.1, -0.05) is 30.3 Å². The molecule has 3 amide bonds. The molecule has 0 spiro atoms. The summed E-state index contributed by atoms with van der Waals surface area (Å²) < 4.78 is 1.84. The zero-order valence-corrected chi connectivity index (χ0v) is 15.8. The Kier molecular flexibility index (Phi) is 6.08. The zero-order chi connectivity index (χ0) is 19.2. The van der Waals surface area contributed by atoms with Crippen LogP contribution >= 0.6 is 0 Å². The number of carbonyl (C=O) groups excluding carboxylic acids is 2. The average Bonchev–Trinajstić information content (AvgIpc) is 3.17. The van der Waals surface area contributed by atoms with Gasteiger partial charge >= 0.3 is 6.03 Å². The first-order chi connectivity index (χ1) is 13.1. The van der Waals surface area contributed by atoms with Crippen LogP contribution in [0.3, 0.4) is 0 Å². The molecular formula is C19H26N6O2. The van der Waals surface area contributed by atoms with Crippen LogP contribution in [-0.2, 0) is 4.79 Å². The molecule has 27 heavy (non-hydrogen) atoms. The molecule has 8 nitrogen and oxygen atoms in total. The number of amides is 3. The standard InChI is InChI=1S/C19H26N6O2/c1-15(16-6-4-3-5-7-16)25-13-17(12-21-25)22-19(27)24-10-8-23(9-11-24)14-18(26)20-2/h3-7,12-13,15H,8-11,14H2,1-2H3,(H,20,26)(H,22,27). The van der Waals surface area contributed by atoms with Crippen LogP contribution in [0, 0.1) is 0 Å². The Hall–Kier alpha value is -2.87. The molecule has 1 saturated heterocycles. The monoisotopic (exact) mass is 370 g/mol. The Labute approximate surface area is 159 Å². The third-order valence-electron chi connectivity index (χ3n) is 4.84. The molecule has 3 rings (SSSR count). The molecule has 1 aromatic heterocycles.